The molecule has 0 saturated carbocycles. The van der Waals surface area contributed by atoms with Crippen molar-refractivity contribution in [2.75, 3.05) is 5.32 Å². The van der Waals surface area contributed by atoms with Gasteiger partial charge in [-0.2, -0.15) is 5.10 Å². The Morgan fingerprint density at radius 3 is 2.36 bits per heavy atom. The van der Waals surface area contributed by atoms with Crippen molar-refractivity contribution in [3.8, 4) is 0 Å². The van der Waals surface area contributed by atoms with Crippen LogP contribution in [0.1, 0.15) is 44.5 Å². The highest BCUT2D eigenvalue weighted by Gasteiger charge is 2.18. The van der Waals surface area contributed by atoms with Crippen LogP contribution >= 0.6 is 11.6 Å². The number of rotatable bonds is 5. The lowest BCUT2D eigenvalue weighted by Gasteiger charge is -2.19. The molecule has 7 heteroatoms. The summed E-state index contributed by atoms with van der Waals surface area (Å²) in [7, 11) is 1.71. The molecule has 150 valence electrons. The van der Waals surface area contributed by atoms with Gasteiger partial charge in [0.05, 0.1) is 5.69 Å². The summed E-state index contributed by atoms with van der Waals surface area (Å²) < 4.78 is 6.68. The molecule has 6 nitrogen and oxygen atoms in total. The Labute approximate surface area is 170 Å². The Morgan fingerprint density at radius 1 is 1.25 bits per heavy atom. The van der Waals surface area contributed by atoms with E-state index in [9.17, 15) is 9.59 Å². The fourth-order valence-corrected chi connectivity index (χ4v) is 2.79. The van der Waals surface area contributed by atoms with E-state index in [1.54, 1.807) is 14.0 Å². The van der Waals surface area contributed by atoms with Crippen molar-refractivity contribution < 1.29 is 14.3 Å². The number of aromatic nitrogens is 2. The molecule has 1 amide bonds. The number of halogens is 1. The van der Waals surface area contributed by atoms with Crippen LogP contribution in [0.4, 0.5) is 5.69 Å². The van der Waals surface area contributed by atoms with Crippen molar-refractivity contribution in [1.29, 1.82) is 0 Å². The molecule has 1 heterocycles. The van der Waals surface area contributed by atoms with Gasteiger partial charge in [-0.25, -0.2) is 4.79 Å². The molecule has 1 atom stereocenters. The monoisotopic (exact) mass is 403 g/mol. The maximum atomic E-state index is 12.3. The fraction of sp³-hybridized carbons (Fsp3) is 0.381. The number of ether oxygens (including phenoxy) is 1. The summed E-state index contributed by atoms with van der Waals surface area (Å²) in [4.78, 5) is 24.3. The van der Waals surface area contributed by atoms with Gasteiger partial charge in [-0.3, -0.25) is 9.48 Å². The first-order valence-corrected chi connectivity index (χ1v) is 9.36. The first-order chi connectivity index (χ1) is 13.0. The van der Waals surface area contributed by atoms with Crippen molar-refractivity contribution >= 4 is 35.2 Å². The topological polar surface area (TPSA) is 73.2 Å². The van der Waals surface area contributed by atoms with Crippen LogP contribution in [0, 0.1) is 6.92 Å². The lowest BCUT2D eigenvalue weighted by molar-refractivity contribution is -0.148. The summed E-state index contributed by atoms with van der Waals surface area (Å²) in [6, 6.07) is 7.60. The number of anilines is 1. The summed E-state index contributed by atoms with van der Waals surface area (Å²) in [5.41, 5.74) is 3.18. The molecule has 0 spiro atoms. The van der Waals surface area contributed by atoms with Crippen LogP contribution in [-0.2, 0) is 26.8 Å². The molecular formula is C21H26ClN3O3. The van der Waals surface area contributed by atoms with Crippen molar-refractivity contribution in [3.63, 3.8) is 0 Å². The predicted molar refractivity (Wildman–Crippen MR) is 111 cm³/mol. The number of nitrogens with zero attached hydrogens (tertiary/aromatic N) is 2. The number of esters is 1. The zero-order valence-corrected chi connectivity index (χ0v) is 17.8. The molecule has 0 bridgehead atoms. The van der Waals surface area contributed by atoms with E-state index in [1.165, 1.54) is 29.3 Å². The second kappa shape index (κ2) is 8.61. The quantitative estimate of drug-likeness (QED) is 0.597. The normalized spacial score (nSPS) is 12.8. The zero-order chi connectivity index (χ0) is 21.1. The first kappa shape index (κ1) is 21.7. The summed E-state index contributed by atoms with van der Waals surface area (Å²) in [6.45, 7) is 9.67. The number of benzene rings is 1. The Bertz CT molecular complexity index is 893. The van der Waals surface area contributed by atoms with E-state index < -0.39 is 18.0 Å². The van der Waals surface area contributed by atoms with Crippen molar-refractivity contribution in [2.45, 2.75) is 46.1 Å². The standard InChI is InChI=1S/C21H26ClN3O3/c1-13-17(19(22)25(6)24-13)11-12-18(26)28-14(2)20(27)23-16-9-7-15(8-10-16)21(3,4)5/h7-12,14H,1-6H3,(H,23,27)/b12-11-/t14-/m0/s1. The maximum Gasteiger partial charge on any atom is 0.331 e. The molecule has 28 heavy (non-hydrogen) atoms. The molecule has 0 aliphatic heterocycles. The number of carbonyl (C=O) groups excluding carboxylic acids is 2. The van der Waals surface area contributed by atoms with Gasteiger partial charge in [0.25, 0.3) is 5.91 Å². The minimum atomic E-state index is -0.940. The second-order valence-electron chi connectivity index (χ2n) is 7.64. The molecule has 0 aliphatic rings. The highest BCUT2D eigenvalue weighted by molar-refractivity contribution is 6.31. The molecule has 0 unspecified atom stereocenters. The highest BCUT2D eigenvalue weighted by atomic mass is 35.5. The second-order valence-corrected chi connectivity index (χ2v) is 8.00. The lowest BCUT2D eigenvalue weighted by Crippen LogP contribution is -2.29. The van der Waals surface area contributed by atoms with Crippen LogP contribution < -0.4 is 5.32 Å². The number of carbonyl (C=O) groups is 2. The molecule has 0 aliphatic carbocycles. The number of amides is 1. The van der Waals surface area contributed by atoms with E-state index in [0.717, 1.165) is 0 Å². The summed E-state index contributed by atoms with van der Waals surface area (Å²) in [6.07, 6.45) is 1.82. The van der Waals surface area contributed by atoms with Gasteiger partial charge in [-0.1, -0.05) is 44.5 Å². The van der Waals surface area contributed by atoms with E-state index in [2.05, 4.69) is 31.2 Å². The molecule has 1 N–H and O–H groups in total. The van der Waals surface area contributed by atoms with Gasteiger partial charge >= 0.3 is 5.97 Å². The minimum absolute atomic E-state index is 0.0349. The highest BCUT2D eigenvalue weighted by Crippen LogP contribution is 2.23. The maximum absolute atomic E-state index is 12.3. The van der Waals surface area contributed by atoms with Crippen LogP contribution in [-0.4, -0.2) is 27.8 Å². The number of hydrogen-bond donors (Lipinski definition) is 1. The Morgan fingerprint density at radius 2 is 1.86 bits per heavy atom. The number of nitrogens with one attached hydrogen (secondary N) is 1. The third-order valence-corrected chi connectivity index (χ3v) is 4.71. The molecule has 1 aromatic carbocycles. The zero-order valence-electron chi connectivity index (χ0n) is 17.0. The molecule has 2 aromatic rings. The van der Waals surface area contributed by atoms with E-state index in [0.29, 0.717) is 22.1 Å². The van der Waals surface area contributed by atoms with Crippen molar-refractivity contribution in [3.05, 3.63) is 52.3 Å². The summed E-state index contributed by atoms with van der Waals surface area (Å²) in [5, 5.41) is 7.33. The van der Waals surface area contributed by atoms with Gasteiger partial charge in [0.1, 0.15) is 5.15 Å². The average molecular weight is 404 g/mol. The molecule has 0 radical (unpaired) electrons. The first-order valence-electron chi connectivity index (χ1n) is 8.98. The third-order valence-electron chi connectivity index (χ3n) is 4.26. The van der Waals surface area contributed by atoms with Gasteiger partial charge in [0, 0.05) is 24.4 Å². The SMILES string of the molecule is Cc1nn(C)c(Cl)c1/C=C\C(=O)O[C@@H](C)C(=O)Nc1ccc(C(C)(C)C)cc1. The van der Waals surface area contributed by atoms with Crippen LogP contribution in [0.3, 0.4) is 0 Å². The van der Waals surface area contributed by atoms with Gasteiger partial charge in [-0.15, -0.1) is 0 Å². The van der Waals surface area contributed by atoms with Crippen LogP contribution in [0.25, 0.3) is 6.08 Å². The largest absolute Gasteiger partial charge is 0.449 e. The van der Waals surface area contributed by atoms with Crippen molar-refractivity contribution in [1.82, 2.24) is 9.78 Å². The van der Waals surface area contributed by atoms with Crippen LogP contribution in [0.5, 0.6) is 0 Å². The van der Waals surface area contributed by atoms with Gasteiger partial charge in [-0.05, 0) is 43.0 Å². The fourth-order valence-electron chi connectivity index (χ4n) is 2.55. The molecule has 0 fully saturated rings. The van der Waals surface area contributed by atoms with Gasteiger partial charge in [0.15, 0.2) is 6.10 Å². The smallest absolute Gasteiger partial charge is 0.331 e. The molecule has 2 rings (SSSR count). The van der Waals surface area contributed by atoms with E-state index in [1.807, 2.05) is 24.3 Å². The predicted octanol–water partition coefficient (Wildman–Crippen LogP) is 4.26. The summed E-state index contributed by atoms with van der Waals surface area (Å²) in [5.74, 6) is -1.04. The van der Waals surface area contributed by atoms with E-state index in [-0.39, 0.29) is 5.41 Å². The summed E-state index contributed by atoms with van der Waals surface area (Å²) >= 11 is 6.12. The van der Waals surface area contributed by atoms with Crippen molar-refractivity contribution in [2.24, 2.45) is 7.05 Å². The van der Waals surface area contributed by atoms with E-state index in [4.69, 9.17) is 16.3 Å². The molecule has 1 aromatic heterocycles. The lowest BCUT2D eigenvalue weighted by atomic mass is 9.87. The van der Waals surface area contributed by atoms with Gasteiger partial charge < -0.3 is 10.1 Å². The van der Waals surface area contributed by atoms with Crippen LogP contribution in [0.2, 0.25) is 5.15 Å². The number of aryl methyl sites for hydroxylation is 2. The van der Waals surface area contributed by atoms with Crippen LogP contribution in [0.15, 0.2) is 30.3 Å². The average Bonchev–Trinajstić information content (AvgIpc) is 2.84. The van der Waals surface area contributed by atoms with E-state index >= 15 is 0 Å². The molecule has 0 saturated heterocycles. The minimum Gasteiger partial charge on any atom is -0.449 e. The Balaban J connectivity index is 1.94. The number of hydrogen-bond acceptors (Lipinski definition) is 4. The third kappa shape index (κ3) is 5.45. The Hall–Kier alpha value is -2.60. The Kier molecular flexibility index (Phi) is 6.67. The molecular weight excluding hydrogens is 378 g/mol. The van der Waals surface area contributed by atoms with Gasteiger partial charge in [0.2, 0.25) is 0 Å².